The molecule has 2 aromatic rings. The monoisotopic (exact) mass is 307 g/mol. The lowest BCUT2D eigenvalue weighted by Crippen LogP contribution is -2.22. The summed E-state index contributed by atoms with van der Waals surface area (Å²) in [4.78, 5) is 30.3. The molecule has 0 saturated carbocycles. The fourth-order valence-corrected chi connectivity index (χ4v) is 1.64. The zero-order valence-corrected chi connectivity index (χ0v) is 11.4. The maximum absolute atomic E-state index is 11.6. The van der Waals surface area contributed by atoms with Crippen molar-refractivity contribution in [2.45, 2.75) is 0 Å². The molecule has 1 amide bonds. The van der Waals surface area contributed by atoms with Gasteiger partial charge in [-0.05, 0) is 24.3 Å². The number of ether oxygens (including phenoxy) is 1. The van der Waals surface area contributed by atoms with Gasteiger partial charge in [-0.25, -0.2) is 14.8 Å². The van der Waals surface area contributed by atoms with Gasteiger partial charge in [-0.15, -0.1) is 0 Å². The fraction of sp³-hybridized carbons (Fsp3) is 0.0769. The second-order valence-electron chi connectivity index (χ2n) is 3.85. The van der Waals surface area contributed by atoms with Crippen molar-refractivity contribution < 1.29 is 19.4 Å². The number of hydrogen-bond acceptors (Lipinski definition) is 5. The summed E-state index contributed by atoms with van der Waals surface area (Å²) in [6, 6.07) is 5.72. The quantitative estimate of drug-likeness (QED) is 0.874. The Labute approximate surface area is 124 Å². The zero-order valence-electron chi connectivity index (χ0n) is 10.6. The smallest absolute Gasteiger partial charge is 0.339 e. The van der Waals surface area contributed by atoms with Gasteiger partial charge in [-0.3, -0.25) is 10.1 Å². The highest BCUT2D eigenvalue weighted by molar-refractivity contribution is 6.31. The van der Waals surface area contributed by atoms with Crippen LogP contribution in [0, 0.1) is 0 Å². The Morgan fingerprint density at radius 1 is 1.29 bits per heavy atom. The largest absolute Gasteiger partial charge is 0.483 e. The van der Waals surface area contributed by atoms with Gasteiger partial charge in [0.2, 0.25) is 5.95 Å². The van der Waals surface area contributed by atoms with Crippen LogP contribution in [0.15, 0.2) is 36.7 Å². The van der Waals surface area contributed by atoms with Gasteiger partial charge in [-0.1, -0.05) is 11.6 Å². The Kier molecular flexibility index (Phi) is 4.68. The van der Waals surface area contributed by atoms with E-state index in [0.717, 1.165) is 0 Å². The third-order valence-corrected chi connectivity index (χ3v) is 2.58. The Morgan fingerprint density at radius 2 is 2.00 bits per heavy atom. The van der Waals surface area contributed by atoms with E-state index < -0.39 is 11.9 Å². The van der Waals surface area contributed by atoms with Crippen LogP contribution in [0.5, 0.6) is 5.75 Å². The van der Waals surface area contributed by atoms with E-state index in [4.69, 9.17) is 21.4 Å². The number of carboxylic acids is 1. The number of nitrogens with one attached hydrogen (secondary N) is 1. The number of halogens is 1. The van der Waals surface area contributed by atoms with Crippen molar-refractivity contribution >= 4 is 29.4 Å². The highest BCUT2D eigenvalue weighted by atomic mass is 35.5. The Bertz CT molecular complexity index is 664. The van der Waals surface area contributed by atoms with Gasteiger partial charge >= 0.3 is 5.97 Å². The van der Waals surface area contributed by atoms with Crippen molar-refractivity contribution in [1.29, 1.82) is 0 Å². The summed E-state index contributed by atoms with van der Waals surface area (Å²) in [6.07, 6.45) is 2.95. The number of nitrogens with zero attached hydrogens (tertiary/aromatic N) is 2. The SMILES string of the molecule is O=C(COc1ccc(Cl)cc1C(=O)O)Nc1ncccn1. The summed E-state index contributed by atoms with van der Waals surface area (Å²) >= 11 is 5.72. The highest BCUT2D eigenvalue weighted by Crippen LogP contribution is 2.22. The van der Waals surface area contributed by atoms with E-state index in [2.05, 4.69) is 15.3 Å². The minimum atomic E-state index is -1.20. The van der Waals surface area contributed by atoms with Gasteiger partial charge < -0.3 is 9.84 Å². The minimum Gasteiger partial charge on any atom is -0.483 e. The van der Waals surface area contributed by atoms with Crippen LogP contribution in [0.4, 0.5) is 5.95 Å². The molecule has 0 atom stereocenters. The number of benzene rings is 1. The summed E-state index contributed by atoms with van der Waals surface area (Å²) in [5, 5.41) is 11.7. The average Bonchev–Trinajstić information content (AvgIpc) is 2.47. The molecule has 0 unspecified atom stereocenters. The van der Waals surface area contributed by atoms with Crippen molar-refractivity contribution in [2.75, 3.05) is 11.9 Å². The molecule has 0 aliphatic heterocycles. The third-order valence-electron chi connectivity index (χ3n) is 2.35. The van der Waals surface area contributed by atoms with Crippen molar-refractivity contribution in [1.82, 2.24) is 9.97 Å². The van der Waals surface area contributed by atoms with Crippen molar-refractivity contribution in [3.05, 3.63) is 47.2 Å². The molecule has 0 bridgehead atoms. The highest BCUT2D eigenvalue weighted by Gasteiger charge is 2.13. The second kappa shape index (κ2) is 6.67. The van der Waals surface area contributed by atoms with Gasteiger partial charge in [0.25, 0.3) is 5.91 Å². The van der Waals surface area contributed by atoms with Gasteiger partial charge in [-0.2, -0.15) is 0 Å². The van der Waals surface area contributed by atoms with E-state index in [9.17, 15) is 9.59 Å². The molecule has 0 saturated heterocycles. The van der Waals surface area contributed by atoms with E-state index in [1.807, 2.05) is 0 Å². The number of rotatable bonds is 5. The standard InChI is InChI=1S/C13H10ClN3O4/c14-8-2-3-10(9(6-8)12(19)20)21-7-11(18)17-13-15-4-1-5-16-13/h1-6H,7H2,(H,19,20)(H,15,16,17,18). The fourth-order valence-electron chi connectivity index (χ4n) is 1.46. The zero-order chi connectivity index (χ0) is 15.2. The molecule has 21 heavy (non-hydrogen) atoms. The van der Waals surface area contributed by atoms with Crippen LogP contribution in [0.3, 0.4) is 0 Å². The van der Waals surface area contributed by atoms with Crippen LogP contribution in [0.1, 0.15) is 10.4 Å². The Balaban J connectivity index is 2.00. The molecule has 0 fully saturated rings. The minimum absolute atomic E-state index is 0.0519. The molecule has 2 N–H and O–H groups in total. The number of carboxylic acid groups (broad SMARTS) is 1. The summed E-state index contributed by atoms with van der Waals surface area (Å²) in [5.74, 6) is -1.51. The lowest BCUT2D eigenvalue weighted by atomic mass is 10.2. The second-order valence-corrected chi connectivity index (χ2v) is 4.29. The van der Waals surface area contributed by atoms with E-state index in [-0.39, 0.29) is 28.9 Å². The van der Waals surface area contributed by atoms with Gasteiger partial charge in [0, 0.05) is 17.4 Å². The maximum atomic E-state index is 11.6. The lowest BCUT2D eigenvalue weighted by molar-refractivity contribution is -0.118. The van der Waals surface area contributed by atoms with Crippen LogP contribution >= 0.6 is 11.6 Å². The molecular weight excluding hydrogens is 298 g/mol. The number of carbonyl (C=O) groups excluding carboxylic acids is 1. The van der Waals surface area contributed by atoms with Gasteiger partial charge in [0.05, 0.1) is 0 Å². The van der Waals surface area contributed by atoms with E-state index >= 15 is 0 Å². The average molecular weight is 308 g/mol. The molecule has 1 aromatic carbocycles. The van der Waals surface area contributed by atoms with Crippen molar-refractivity contribution in [2.24, 2.45) is 0 Å². The normalized spacial score (nSPS) is 9.95. The predicted octanol–water partition coefficient (Wildman–Crippen LogP) is 1.85. The number of aromatic nitrogens is 2. The number of aromatic carboxylic acids is 1. The van der Waals surface area contributed by atoms with Crippen LogP contribution < -0.4 is 10.1 Å². The summed E-state index contributed by atoms with van der Waals surface area (Å²) in [5.41, 5.74) is -0.119. The van der Waals surface area contributed by atoms with Crippen molar-refractivity contribution in [3.8, 4) is 5.75 Å². The predicted molar refractivity (Wildman–Crippen MR) is 74.6 cm³/mol. The first-order chi connectivity index (χ1) is 10.1. The number of carbonyl (C=O) groups is 2. The van der Waals surface area contributed by atoms with E-state index in [1.165, 1.54) is 30.6 Å². The molecule has 0 spiro atoms. The van der Waals surface area contributed by atoms with Crippen molar-refractivity contribution in [3.63, 3.8) is 0 Å². The van der Waals surface area contributed by atoms with E-state index in [0.29, 0.717) is 0 Å². The number of anilines is 1. The molecule has 0 aliphatic carbocycles. The van der Waals surface area contributed by atoms with Crippen LogP contribution in [0.2, 0.25) is 5.02 Å². The van der Waals surface area contributed by atoms with E-state index in [1.54, 1.807) is 6.07 Å². The van der Waals surface area contributed by atoms with Crippen LogP contribution in [0.25, 0.3) is 0 Å². The number of hydrogen-bond donors (Lipinski definition) is 2. The summed E-state index contributed by atoms with van der Waals surface area (Å²) < 4.78 is 5.18. The Hall–Kier alpha value is -2.67. The Morgan fingerprint density at radius 3 is 2.67 bits per heavy atom. The third kappa shape index (κ3) is 4.15. The molecule has 0 aliphatic rings. The first kappa shape index (κ1) is 14.7. The maximum Gasteiger partial charge on any atom is 0.339 e. The number of amides is 1. The first-order valence-corrected chi connectivity index (χ1v) is 6.16. The molecule has 7 nitrogen and oxygen atoms in total. The molecule has 8 heteroatoms. The van der Waals surface area contributed by atoms with Gasteiger partial charge in [0.1, 0.15) is 11.3 Å². The lowest BCUT2D eigenvalue weighted by Gasteiger charge is -2.09. The summed E-state index contributed by atoms with van der Waals surface area (Å²) in [6.45, 7) is -0.375. The molecular formula is C13H10ClN3O4. The van der Waals surface area contributed by atoms with Gasteiger partial charge in [0.15, 0.2) is 6.61 Å². The molecule has 2 rings (SSSR count). The first-order valence-electron chi connectivity index (χ1n) is 5.79. The molecule has 1 heterocycles. The van der Waals surface area contributed by atoms with Crippen LogP contribution in [-0.2, 0) is 4.79 Å². The molecule has 108 valence electrons. The summed E-state index contributed by atoms with van der Waals surface area (Å²) in [7, 11) is 0. The topological polar surface area (TPSA) is 101 Å². The van der Waals surface area contributed by atoms with Crippen LogP contribution in [-0.4, -0.2) is 33.6 Å². The molecule has 1 aromatic heterocycles. The molecule has 0 radical (unpaired) electrons.